The van der Waals surface area contributed by atoms with E-state index in [1.807, 2.05) is 30.3 Å². The molecule has 1 aliphatic rings. The van der Waals surface area contributed by atoms with Crippen molar-refractivity contribution in [2.24, 2.45) is 5.73 Å². The standard InChI is InChI=1S/C24H19N7O3S/c25-12-15(23(33)28-24-21(22(26)32)18-3-1-2-4-20(18)35-24)11-17-9-10-19(34-17)14-5-7-16(8-6-14)31-13-27-29-30-31/h5-11,13H,1-4H2,(H2,26,32)(H,28,33)/b15-11-. The van der Waals surface area contributed by atoms with Gasteiger partial charge in [-0.25, -0.2) is 4.68 Å². The number of aromatic nitrogens is 4. The minimum absolute atomic E-state index is 0.151. The maximum atomic E-state index is 12.9. The monoisotopic (exact) mass is 485 g/mol. The molecule has 4 aromatic rings. The van der Waals surface area contributed by atoms with Crippen molar-refractivity contribution in [3.8, 4) is 23.1 Å². The number of aryl methyl sites for hydroxylation is 1. The fourth-order valence-corrected chi connectivity index (χ4v) is 5.31. The Bertz CT molecular complexity index is 1470. The number of thiophene rings is 1. The molecule has 0 radical (unpaired) electrons. The van der Waals surface area contributed by atoms with Crippen LogP contribution >= 0.6 is 11.3 Å². The van der Waals surface area contributed by atoms with E-state index in [0.717, 1.165) is 47.4 Å². The summed E-state index contributed by atoms with van der Waals surface area (Å²) in [7, 11) is 0. The summed E-state index contributed by atoms with van der Waals surface area (Å²) in [5.41, 5.74) is 8.30. The van der Waals surface area contributed by atoms with Gasteiger partial charge in [-0.1, -0.05) is 0 Å². The molecule has 0 saturated heterocycles. The molecule has 0 spiro atoms. The largest absolute Gasteiger partial charge is 0.457 e. The molecule has 2 amide bonds. The number of fused-ring (bicyclic) bond motifs is 1. The summed E-state index contributed by atoms with van der Waals surface area (Å²) in [6, 6.07) is 12.7. The quantitative estimate of drug-likeness (QED) is 0.313. The van der Waals surface area contributed by atoms with Crippen LogP contribution in [0.15, 0.2) is 52.7 Å². The Balaban J connectivity index is 1.35. The van der Waals surface area contributed by atoms with Crippen LogP contribution in [-0.4, -0.2) is 32.0 Å². The zero-order valence-electron chi connectivity index (χ0n) is 18.4. The fraction of sp³-hybridized carbons (Fsp3) is 0.167. The number of furan rings is 1. The highest BCUT2D eigenvalue weighted by molar-refractivity contribution is 7.17. The number of primary amides is 1. The molecule has 35 heavy (non-hydrogen) atoms. The molecule has 0 atom stereocenters. The number of hydrogen-bond donors (Lipinski definition) is 2. The lowest BCUT2D eigenvalue weighted by Gasteiger charge is -2.11. The first-order valence-electron chi connectivity index (χ1n) is 10.8. The van der Waals surface area contributed by atoms with Crippen molar-refractivity contribution in [2.75, 3.05) is 5.32 Å². The van der Waals surface area contributed by atoms with Gasteiger partial charge in [0.1, 0.15) is 34.5 Å². The van der Waals surface area contributed by atoms with Crippen LogP contribution in [0, 0.1) is 11.3 Å². The maximum absolute atomic E-state index is 12.9. The highest BCUT2D eigenvalue weighted by Gasteiger charge is 2.25. The Kier molecular flexibility index (Phi) is 5.95. The number of hydrogen-bond acceptors (Lipinski definition) is 8. The Morgan fingerprint density at radius 1 is 1.17 bits per heavy atom. The second kappa shape index (κ2) is 9.36. The third-order valence-corrected chi connectivity index (χ3v) is 6.90. The lowest BCUT2D eigenvalue weighted by atomic mass is 9.95. The second-order valence-electron chi connectivity index (χ2n) is 7.91. The first-order chi connectivity index (χ1) is 17.0. The molecule has 5 rings (SSSR count). The highest BCUT2D eigenvalue weighted by atomic mass is 32.1. The van der Waals surface area contributed by atoms with E-state index in [0.29, 0.717) is 22.1 Å². The second-order valence-corrected chi connectivity index (χ2v) is 9.01. The fourth-order valence-electron chi connectivity index (χ4n) is 4.02. The van der Waals surface area contributed by atoms with Gasteiger partial charge in [-0.15, -0.1) is 16.4 Å². The van der Waals surface area contributed by atoms with E-state index in [-0.39, 0.29) is 5.57 Å². The number of carbonyl (C=O) groups is 2. The van der Waals surface area contributed by atoms with Crippen molar-refractivity contribution < 1.29 is 14.0 Å². The van der Waals surface area contributed by atoms with Crippen molar-refractivity contribution in [3.63, 3.8) is 0 Å². The van der Waals surface area contributed by atoms with E-state index in [1.165, 1.54) is 28.4 Å². The van der Waals surface area contributed by atoms with Gasteiger partial charge < -0.3 is 15.5 Å². The van der Waals surface area contributed by atoms with Crippen LogP contribution in [0.25, 0.3) is 23.1 Å². The van der Waals surface area contributed by atoms with Crippen molar-refractivity contribution >= 4 is 34.2 Å². The number of amides is 2. The van der Waals surface area contributed by atoms with Crippen LogP contribution in [0.5, 0.6) is 0 Å². The van der Waals surface area contributed by atoms with Crippen molar-refractivity contribution in [3.05, 3.63) is 70.1 Å². The summed E-state index contributed by atoms with van der Waals surface area (Å²) >= 11 is 1.35. The van der Waals surface area contributed by atoms with Gasteiger partial charge in [0.05, 0.1) is 11.3 Å². The summed E-state index contributed by atoms with van der Waals surface area (Å²) in [6.07, 6.45) is 6.48. The minimum Gasteiger partial charge on any atom is -0.457 e. The molecule has 0 aliphatic heterocycles. The lowest BCUT2D eigenvalue weighted by Crippen LogP contribution is -2.19. The Morgan fingerprint density at radius 3 is 2.69 bits per heavy atom. The summed E-state index contributed by atoms with van der Waals surface area (Å²) in [6.45, 7) is 0. The molecule has 1 aromatic carbocycles. The first-order valence-corrected chi connectivity index (χ1v) is 11.7. The number of tetrazole rings is 1. The van der Waals surface area contributed by atoms with Crippen LogP contribution < -0.4 is 11.1 Å². The first kappa shape index (κ1) is 22.2. The number of nitrogens with zero attached hydrogens (tertiary/aromatic N) is 5. The Labute approximate surface area is 203 Å². The van der Waals surface area contributed by atoms with Gasteiger partial charge in [0.2, 0.25) is 0 Å². The highest BCUT2D eigenvalue weighted by Crippen LogP contribution is 2.38. The van der Waals surface area contributed by atoms with E-state index < -0.39 is 11.8 Å². The summed E-state index contributed by atoms with van der Waals surface area (Å²) < 4.78 is 7.37. The average Bonchev–Trinajstić information content (AvgIpc) is 3.62. The van der Waals surface area contributed by atoms with Crippen LogP contribution in [0.4, 0.5) is 5.00 Å². The molecule has 10 nitrogen and oxygen atoms in total. The average molecular weight is 486 g/mol. The number of nitriles is 1. The van der Waals surface area contributed by atoms with Gasteiger partial charge >= 0.3 is 0 Å². The van der Waals surface area contributed by atoms with Crippen LogP contribution in [0.1, 0.15) is 39.4 Å². The van der Waals surface area contributed by atoms with Gasteiger partial charge in [0.15, 0.2) is 0 Å². The zero-order chi connectivity index (χ0) is 24.4. The predicted molar refractivity (Wildman–Crippen MR) is 129 cm³/mol. The summed E-state index contributed by atoms with van der Waals surface area (Å²) in [5, 5.41) is 23.8. The molecule has 0 unspecified atom stereocenters. The molecular formula is C24H19N7O3S. The van der Waals surface area contributed by atoms with Gasteiger partial charge in [0.25, 0.3) is 11.8 Å². The number of nitrogens with one attached hydrogen (secondary N) is 1. The van der Waals surface area contributed by atoms with Crippen molar-refractivity contribution in [2.45, 2.75) is 25.7 Å². The zero-order valence-corrected chi connectivity index (χ0v) is 19.2. The molecule has 0 fully saturated rings. The van der Waals surface area contributed by atoms with Gasteiger partial charge in [-0.05, 0) is 78.1 Å². The van der Waals surface area contributed by atoms with E-state index in [9.17, 15) is 14.9 Å². The summed E-state index contributed by atoms with van der Waals surface area (Å²) in [4.78, 5) is 26.0. The number of rotatable bonds is 6. The van der Waals surface area contributed by atoms with E-state index >= 15 is 0 Å². The molecule has 3 heterocycles. The number of benzene rings is 1. The summed E-state index contributed by atoms with van der Waals surface area (Å²) in [5.74, 6) is -0.294. The van der Waals surface area contributed by atoms with E-state index in [4.69, 9.17) is 10.2 Å². The third-order valence-electron chi connectivity index (χ3n) is 5.69. The molecule has 3 aromatic heterocycles. The molecule has 0 bridgehead atoms. The van der Waals surface area contributed by atoms with Crippen LogP contribution in [0.3, 0.4) is 0 Å². The molecule has 174 valence electrons. The van der Waals surface area contributed by atoms with Gasteiger partial charge in [0, 0.05) is 16.5 Å². The smallest absolute Gasteiger partial charge is 0.267 e. The van der Waals surface area contributed by atoms with Gasteiger partial charge in [-0.2, -0.15) is 5.26 Å². The topological polar surface area (TPSA) is 153 Å². The molecule has 11 heteroatoms. The number of nitrogens with two attached hydrogens (primary N) is 1. The lowest BCUT2D eigenvalue weighted by molar-refractivity contribution is -0.112. The number of carbonyl (C=O) groups excluding carboxylic acids is 2. The van der Waals surface area contributed by atoms with Crippen molar-refractivity contribution in [1.29, 1.82) is 5.26 Å². The maximum Gasteiger partial charge on any atom is 0.267 e. The van der Waals surface area contributed by atoms with E-state index in [2.05, 4.69) is 20.8 Å². The van der Waals surface area contributed by atoms with Crippen molar-refractivity contribution in [1.82, 2.24) is 20.2 Å². The molecular weight excluding hydrogens is 466 g/mol. The Hall–Kier alpha value is -4.56. The number of anilines is 1. The van der Waals surface area contributed by atoms with E-state index in [1.54, 1.807) is 12.1 Å². The molecule has 0 saturated carbocycles. The molecule has 1 aliphatic carbocycles. The third kappa shape index (κ3) is 4.47. The Morgan fingerprint density at radius 2 is 1.97 bits per heavy atom. The minimum atomic E-state index is -0.627. The van der Waals surface area contributed by atoms with Crippen LogP contribution in [-0.2, 0) is 17.6 Å². The predicted octanol–water partition coefficient (Wildman–Crippen LogP) is 3.51. The molecule has 3 N–H and O–H groups in total. The SMILES string of the molecule is N#C/C(=C/c1ccc(-c2ccc(-n3cnnn3)cc2)o1)C(=O)Nc1sc2c(c1C(N)=O)CCCC2. The van der Waals surface area contributed by atoms with Gasteiger partial charge in [-0.3, -0.25) is 9.59 Å². The van der Waals surface area contributed by atoms with Crippen LogP contribution in [0.2, 0.25) is 0 Å². The normalized spacial score (nSPS) is 13.2.